The summed E-state index contributed by atoms with van der Waals surface area (Å²) in [6.45, 7) is 3.99. The van der Waals surface area contributed by atoms with Crippen molar-refractivity contribution in [1.29, 1.82) is 0 Å². The minimum Gasteiger partial charge on any atom is -0.494 e. The Morgan fingerprint density at radius 1 is 0.889 bits per heavy atom. The molecule has 0 aromatic heterocycles. The smallest absolute Gasteiger partial charge is 0.407 e. The summed E-state index contributed by atoms with van der Waals surface area (Å²) in [6, 6.07) is 23.3. The minimum absolute atomic E-state index is 0.0569. The third-order valence-corrected chi connectivity index (χ3v) is 10.8. The Morgan fingerprint density at radius 3 is 2.24 bits per heavy atom. The van der Waals surface area contributed by atoms with Crippen LogP contribution in [0.1, 0.15) is 87.3 Å². The van der Waals surface area contributed by atoms with Gasteiger partial charge in [-0.25, -0.2) is 9.59 Å². The lowest BCUT2D eigenvalue weighted by atomic mass is 9.51. The number of carbonyl (C=O) groups is 2. The summed E-state index contributed by atoms with van der Waals surface area (Å²) >= 11 is 0. The van der Waals surface area contributed by atoms with Crippen LogP contribution in [-0.4, -0.2) is 37.9 Å². The van der Waals surface area contributed by atoms with Crippen molar-refractivity contribution in [3.63, 3.8) is 0 Å². The van der Waals surface area contributed by atoms with Gasteiger partial charge in [0.05, 0.1) is 6.61 Å². The van der Waals surface area contributed by atoms with Gasteiger partial charge in [0.1, 0.15) is 25.0 Å². The number of amides is 1. The normalized spacial score (nSPS) is 22.0. The topological polar surface area (TPSA) is 99.9 Å². The van der Waals surface area contributed by atoms with Crippen molar-refractivity contribution in [3.05, 3.63) is 89.5 Å². The van der Waals surface area contributed by atoms with Gasteiger partial charge in [-0.05, 0) is 109 Å². The van der Waals surface area contributed by atoms with E-state index in [1.54, 1.807) is 0 Å². The molecule has 2 saturated carbocycles. The maximum Gasteiger partial charge on any atom is 0.407 e. The molecular weight excluding hydrogens is 564 g/mol. The quantitative estimate of drug-likeness (QED) is 0.145. The lowest BCUT2D eigenvalue weighted by molar-refractivity contribution is -0.147. The summed E-state index contributed by atoms with van der Waals surface area (Å²) in [7, 11) is 0. The number of nitrogens with two attached hydrogens (primary N) is 1. The molecule has 1 unspecified atom stereocenters. The van der Waals surface area contributed by atoms with Crippen LogP contribution in [0.25, 0.3) is 11.1 Å². The molecule has 3 N–H and O–H groups in total. The number of nitrogens with one attached hydrogen (secondary N) is 1. The van der Waals surface area contributed by atoms with Gasteiger partial charge in [-0.2, -0.15) is 0 Å². The molecule has 0 heterocycles. The average Bonchev–Trinajstić information content (AvgIpc) is 3.49. The molecule has 0 saturated heterocycles. The third-order valence-electron chi connectivity index (χ3n) is 10.8. The first-order valence-corrected chi connectivity index (χ1v) is 16.6. The first-order chi connectivity index (χ1) is 21.9. The van der Waals surface area contributed by atoms with Crippen molar-refractivity contribution in [2.24, 2.45) is 16.6 Å². The molecule has 3 aromatic rings. The van der Waals surface area contributed by atoms with E-state index in [2.05, 4.69) is 36.5 Å². The SMILES string of the molecule is CC12CCC[C@]1(CCOc1ccc(COC(=O)[C@H](CCCCN)NC(=O)OCC3c4ccccc4-c4ccccc43)cc1)CC2. The largest absolute Gasteiger partial charge is 0.494 e. The monoisotopic (exact) mass is 610 g/mol. The van der Waals surface area contributed by atoms with E-state index in [0.717, 1.165) is 53.0 Å². The molecule has 0 radical (unpaired) electrons. The highest BCUT2D eigenvalue weighted by atomic mass is 16.6. The predicted molar refractivity (Wildman–Crippen MR) is 175 cm³/mol. The number of carbonyl (C=O) groups excluding carboxylic acids is 2. The van der Waals surface area contributed by atoms with Crippen molar-refractivity contribution in [2.75, 3.05) is 19.8 Å². The standard InChI is InChI=1S/C38H46N2O5/c1-37-18-8-19-38(37,21-20-37)22-24-43-28-16-14-27(15-17-28)25-44-35(41)34(13-6-7-23-39)40-36(42)45-26-33-31-11-4-2-9-29(31)30-10-3-5-12-32(30)33/h2-5,9-12,14-17,33-34H,6-8,13,18-26,39H2,1H3,(H,40,42)/t34-,37?,38+/m0/s1. The fraction of sp³-hybridized carbons (Fsp3) is 0.474. The Morgan fingerprint density at radius 2 is 1.60 bits per heavy atom. The zero-order chi connectivity index (χ0) is 31.3. The van der Waals surface area contributed by atoms with Crippen LogP contribution in [0, 0.1) is 10.8 Å². The van der Waals surface area contributed by atoms with E-state index in [0.29, 0.717) is 30.2 Å². The lowest BCUT2D eigenvalue weighted by Crippen LogP contribution is -2.45. The summed E-state index contributed by atoms with van der Waals surface area (Å²) in [4.78, 5) is 26.0. The Bertz CT molecular complexity index is 1440. The Hall–Kier alpha value is -3.84. The number of unbranched alkanes of at least 4 members (excludes halogenated alkanes) is 1. The van der Waals surface area contributed by atoms with Gasteiger partial charge in [0.25, 0.3) is 0 Å². The average molecular weight is 611 g/mol. The van der Waals surface area contributed by atoms with Gasteiger partial charge in [0.2, 0.25) is 0 Å². The van der Waals surface area contributed by atoms with Crippen molar-refractivity contribution < 1.29 is 23.8 Å². The molecule has 3 atom stereocenters. The molecule has 45 heavy (non-hydrogen) atoms. The highest BCUT2D eigenvalue weighted by Crippen LogP contribution is 2.67. The number of alkyl carbamates (subject to hydrolysis) is 1. The van der Waals surface area contributed by atoms with Crippen LogP contribution in [0.2, 0.25) is 0 Å². The zero-order valence-corrected chi connectivity index (χ0v) is 26.4. The summed E-state index contributed by atoms with van der Waals surface area (Å²) in [5.74, 6) is 0.288. The second kappa shape index (κ2) is 13.7. The molecule has 238 valence electrons. The summed E-state index contributed by atoms with van der Waals surface area (Å²) in [6.07, 6.45) is 9.07. The molecule has 1 amide bonds. The third kappa shape index (κ3) is 6.60. The van der Waals surface area contributed by atoms with Gasteiger partial charge in [0.15, 0.2) is 0 Å². The van der Waals surface area contributed by atoms with Gasteiger partial charge in [-0.15, -0.1) is 0 Å². The van der Waals surface area contributed by atoms with Crippen molar-refractivity contribution in [3.8, 4) is 16.9 Å². The second-order valence-electron chi connectivity index (χ2n) is 13.4. The summed E-state index contributed by atoms with van der Waals surface area (Å²) in [5.41, 5.74) is 12.1. The maximum absolute atomic E-state index is 13.1. The van der Waals surface area contributed by atoms with Crippen molar-refractivity contribution >= 4 is 12.1 Å². The van der Waals surface area contributed by atoms with Crippen LogP contribution in [0.15, 0.2) is 72.8 Å². The van der Waals surface area contributed by atoms with Crippen LogP contribution < -0.4 is 15.8 Å². The number of fused-ring (bicyclic) bond motifs is 4. The van der Waals surface area contributed by atoms with Gasteiger partial charge >= 0.3 is 12.1 Å². The Kier molecular flexibility index (Phi) is 9.45. The molecule has 3 aromatic carbocycles. The van der Waals surface area contributed by atoms with Gasteiger partial charge in [0, 0.05) is 5.92 Å². The van der Waals surface area contributed by atoms with Crippen LogP contribution in [0.5, 0.6) is 5.75 Å². The van der Waals surface area contributed by atoms with Crippen LogP contribution >= 0.6 is 0 Å². The maximum atomic E-state index is 13.1. The lowest BCUT2D eigenvalue weighted by Gasteiger charge is -2.54. The highest BCUT2D eigenvalue weighted by molar-refractivity contribution is 5.82. The number of ether oxygens (including phenoxy) is 3. The van der Waals surface area contributed by atoms with Crippen LogP contribution in [0.4, 0.5) is 4.79 Å². The molecule has 6 rings (SSSR count). The molecular formula is C38H46N2O5. The minimum atomic E-state index is -0.818. The fourth-order valence-corrected chi connectivity index (χ4v) is 7.92. The van der Waals surface area contributed by atoms with Crippen LogP contribution in [-0.2, 0) is 20.9 Å². The number of hydrogen-bond donors (Lipinski definition) is 2. The second-order valence-corrected chi connectivity index (χ2v) is 13.4. The van der Waals surface area contributed by atoms with E-state index >= 15 is 0 Å². The zero-order valence-electron chi connectivity index (χ0n) is 26.4. The summed E-state index contributed by atoms with van der Waals surface area (Å²) < 4.78 is 17.4. The van der Waals surface area contributed by atoms with E-state index in [9.17, 15) is 9.59 Å². The van der Waals surface area contributed by atoms with E-state index < -0.39 is 18.1 Å². The molecule has 2 fully saturated rings. The highest BCUT2D eigenvalue weighted by Gasteiger charge is 2.57. The Balaban J connectivity index is 0.987. The predicted octanol–water partition coefficient (Wildman–Crippen LogP) is 7.51. The summed E-state index contributed by atoms with van der Waals surface area (Å²) in [5, 5.41) is 2.76. The number of hydrogen-bond acceptors (Lipinski definition) is 6. The van der Waals surface area contributed by atoms with Crippen molar-refractivity contribution in [1.82, 2.24) is 5.32 Å². The van der Waals surface area contributed by atoms with Crippen LogP contribution in [0.3, 0.4) is 0 Å². The molecule has 7 nitrogen and oxygen atoms in total. The number of esters is 1. The first kappa shape index (κ1) is 31.2. The molecule has 0 spiro atoms. The number of benzene rings is 3. The van der Waals surface area contributed by atoms with Gasteiger partial charge < -0.3 is 25.3 Å². The number of rotatable bonds is 14. The van der Waals surface area contributed by atoms with Gasteiger partial charge in [-0.3, -0.25) is 0 Å². The van der Waals surface area contributed by atoms with E-state index in [1.807, 2.05) is 48.5 Å². The van der Waals surface area contributed by atoms with Gasteiger partial charge in [-0.1, -0.05) is 74.0 Å². The Labute approximate surface area is 266 Å². The van der Waals surface area contributed by atoms with Crippen molar-refractivity contribution in [2.45, 2.75) is 83.3 Å². The fourth-order valence-electron chi connectivity index (χ4n) is 7.92. The first-order valence-electron chi connectivity index (χ1n) is 16.6. The van der Waals surface area contributed by atoms with E-state index in [-0.39, 0.29) is 19.1 Å². The molecule has 7 heteroatoms. The molecule has 3 aliphatic carbocycles. The van der Waals surface area contributed by atoms with E-state index in [4.69, 9.17) is 19.9 Å². The van der Waals surface area contributed by atoms with E-state index in [1.165, 1.54) is 32.1 Å². The molecule has 0 aliphatic heterocycles. The molecule has 3 aliphatic rings. The molecule has 0 bridgehead atoms.